The van der Waals surface area contributed by atoms with Crippen molar-refractivity contribution in [1.82, 2.24) is 10.6 Å². The molecular formula is C17H26N2O. The van der Waals surface area contributed by atoms with E-state index in [0.29, 0.717) is 18.2 Å². The summed E-state index contributed by atoms with van der Waals surface area (Å²) in [5.74, 6) is 0. The van der Waals surface area contributed by atoms with Crippen molar-refractivity contribution in [2.24, 2.45) is 5.41 Å². The van der Waals surface area contributed by atoms with Crippen molar-refractivity contribution in [3.8, 4) is 0 Å². The molecule has 3 rings (SSSR count). The minimum Gasteiger partial charge on any atom is -0.381 e. The number of rotatable bonds is 4. The highest BCUT2D eigenvalue weighted by Gasteiger charge is 2.48. The van der Waals surface area contributed by atoms with Gasteiger partial charge in [0, 0.05) is 31.2 Å². The van der Waals surface area contributed by atoms with Crippen molar-refractivity contribution in [1.29, 1.82) is 0 Å². The summed E-state index contributed by atoms with van der Waals surface area (Å²) in [6.07, 6.45) is 2.66. The molecule has 0 aromatic heterocycles. The lowest BCUT2D eigenvalue weighted by molar-refractivity contribution is -0.0977. The molecule has 3 nitrogen and oxygen atoms in total. The maximum atomic E-state index is 5.52. The summed E-state index contributed by atoms with van der Waals surface area (Å²) in [6, 6.07) is 9.82. The van der Waals surface area contributed by atoms with Crippen LogP contribution in [-0.4, -0.2) is 32.3 Å². The molecule has 1 heterocycles. The molecule has 1 saturated carbocycles. The molecule has 1 aromatic rings. The van der Waals surface area contributed by atoms with Gasteiger partial charge in [0.25, 0.3) is 0 Å². The highest BCUT2D eigenvalue weighted by Crippen LogP contribution is 2.42. The maximum Gasteiger partial charge on any atom is 0.0652 e. The van der Waals surface area contributed by atoms with Crippen molar-refractivity contribution in [3.05, 3.63) is 35.4 Å². The molecule has 0 spiro atoms. The quantitative estimate of drug-likeness (QED) is 0.884. The van der Waals surface area contributed by atoms with Gasteiger partial charge in [-0.25, -0.2) is 0 Å². The van der Waals surface area contributed by atoms with E-state index in [9.17, 15) is 0 Å². The number of methoxy groups -OCH3 is 1. The van der Waals surface area contributed by atoms with Gasteiger partial charge in [0.15, 0.2) is 0 Å². The molecular weight excluding hydrogens is 248 g/mol. The van der Waals surface area contributed by atoms with E-state index in [-0.39, 0.29) is 5.41 Å². The minimum atomic E-state index is 0.239. The summed E-state index contributed by atoms with van der Waals surface area (Å²) in [7, 11) is 1.82. The molecule has 0 amide bonds. The van der Waals surface area contributed by atoms with Crippen molar-refractivity contribution in [2.45, 2.75) is 44.9 Å². The predicted octanol–water partition coefficient (Wildman–Crippen LogP) is 2.28. The second-order valence-corrected chi connectivity index (χ2v) is 6.70. The third kappa shape index (κ3) is 2.39. The molecule has 3 heteroatoms. The molecule has 1 aliphatic carbocycles. The van der Waals surface area contributed by atoms with E-state index in [1.54, 1.807) is 0 Å². The van der Waals surface area contributed by atoms with Crippen LogP contribution in [-0.2, 0) is 11.2 Å². The summed E-state index contributed by atoms with van der Waals surface area (Å²) < 4.78 is 5.52. The molecule has 2 aliphatic rings. The van der Waals surface area contributed by atoms with Gasteiger partial charge < -0.3 is 15.4 Å². The number of hydrogen-bond donors (Lipinski definition) is 2. The Morgan fingerprint density at radius 2 is 2.15 bits per heavy atom. The zero-order valence-corrected chi connectivity index (χ0v) is 12.8. The predicted molar refractivity (Wildman–Crippen MR) is 81.9 cm³/mol. The van der Waals surface area contributed by atoms with E-state index in [1.807, 2.05) is 7.11 Å². The van der Waals surface area contributed by atoms with Crippen LogP contribution in [0.5, 0.6) is 0 Å². The third-order valence-electron chi connectivity index (χ3n) is 5.25. The Morgan fingerprint density at radius 1 is 1.35 bits per heavy atom. The highest BCUT2D eigenvalue weighted by atomic mass is 16.5. The first-order valence-electron chi connectivity index (χ1n) is 7.70. The monoisotopic (exact) mass is 274 g/mol. The zero-order chi connectivity index (χ0) is 14.2. The lowest BCUT2D eigenvalue weighted by Crippen LogP contribution is -2.61. The van der Waals surface area contributed by atoms with Gasteiger partial charge in [-0.3, -0.25) is 0 Å². The molecule has 1 aromatic carbocycles. The summed E-state index contributed by atoms with van der Waals surface area (Å²) in [5.41, 5.74) is 3.20. The van der Waals surface area contributed by atoms with Gasteiger partial charge in [0.05, 0.1) is 6.10 Å². The van der Waals surface area contributed by atoms with Crippen LogP contribution in [0.25, 0.3) is 0 Å². The molecule has 0 radical (unpaired) electrons. The molecule has 3 unspecified atom stereocenters. The largest absolute Gasteiger partial charge is 0.381 e. The SMILES string of the molecule is COC1CC(NCC2NCCc3ccccc32)C1(C)C. The topological polar surface area (TPSA) is 33.3 Å². The van der Waals surface area contributed by atoms with Gasteiger partial charge in [-0.15, -0.1) is 0 Å². The van der Waals surface area contributed by atoms with Crippen molar-refractivity contribution < 1.29 is 4.74 Å². The van der Waals surface area contributed by atoms with Gasteiger partial charge in [0.2, 0.25) is 0 Å². The number of ether oxygens (including phenoxy) is 1. The first-order chi connectivity index (χ1) is 9.63. The molecule has 2 N–H and O–H groups in total. The first kappa shape index (κ1) is 14.1. The van der Waals surface area contributed by atoms with Crippen LogP contribution >= 0.6 is 0 Å². The lowest BCUT2D eigenvalue weighted by Gasteiger charge is -2.52. The summed E-state index contributed by atoms with van der Waals surface area (Å²) >= 11 is 0. The summed E-state index contributed by atoms with van der Waals surface area (Å²) in [4.78, 5) is 0. The smallest absolute Gasteiger partial charge is 0.0652 e. The molecule has 0 saturated heterocycles. The number of benzene rings is 1. The highest BCUT2D eigenvalue weighted by molar-refractivity contribution is 5.32. The molecule has 20 heavy (non-hydrogen) atoms. The minimum absolute atomic E-state index is 0.239. The fourth-order valence-electron chi connectivity index (χ4n) is 3.67. The third-order valence-corrected chi connectivity index (χ3v) is 5.25. The average molecular weight is 274 g/mol. The van der Waals surface area contributed by atoms with Crippen LogP contribution in [0.15, 0.2) is 24.3 Å². The summed E-state index contributed by atoms with van der Waals surface area (Å²) in [6.45, 7) is 6.68. The van der Waals surface area contributed by atoms with Gasteiger partial charge in [-0.05, 0) is 30.5 Å². The number of nitrogens with one attached hydrogen (secondary N) is 2. The van der Waals surface area contributed by atoms with Gasteiger partial charge in [-0.2, -0.15) is 0 Å². The second-order valence-electron chi connectivity index (χ2n) is 6.70. The van der Waals surface area contributed by atoms with Crippen LogP contribution in [0.1, 0.15) is 37.4 Å². The molecule has 3 atom stereocenters. The molecule has 1 aliphatic heterocycles. The zero-order valence-electron chi connectivity index (χ0n) is 12.8. The van der Waals surface area contributed by atoms with Crippen LogP contribution in [0.3, 0.4) is 0 Å². The van der Waals surface area contributed by atoms with Crippen molar-refractivity contribution >= 4 is 0 Å². The number of hydrogen-bond acceptors (Lipinski definition) is 3. The molecule has 0 bridgehead atoms. The Labute approximate surface area is 122 Å². The lowest BCUT2D eigenvalue weighted by atomic mass is 9.64. The van der Waals surface area contributed by atoms with Gasteiger partial charge >= 0.3 is 0 Å². The fourth-order valence-corrected chi connectivity index (χ4v) is 3.67. The Hall–Kier alpha value is -0.900. The van der Waals surface area contributed by atoms with E-state index >= 15 is 0 Å². The van der Waals surface area contributed by atoms with Crippen LogP contribution in [0.4, 0.5) is 0 Å². The van der Waals surface area contributed by atoms with E-state index in [2.05, 4.69) is 48.7 Å². The fraction of sp³-hybridized carbons (Fsp3) is 0.647. The molecule has 1 fully saturated rings. The van der Waals surface area contributed by atoms with Crippen LogP contribution < -0.4 is 10.6 Å². The van der Waals surface area contributed by atoms with Gasteiger partial charge in [0.1, 0.15) is 0 Å². The Balaban J connectivity index is 1.61. The van der Waals surface area contributed by atoms with Crippen LogP contribution in [0.2, 0.25) is 0 Å². The van der Waals surface area contributed by atoms with Gasteiger partial charge in [-0.1, -0.05) is 38.1 Å². The maximum absolute atomic E-state index is 5.52. The average Bonchev–Trinajstić information content (AvgIpc) is 2.46. The van der Waals surface area contributed by atoms with Crippen molar-refractivity contribution in [2.75, 3.05) is 20.2 Å². The Kier molecular flexibility index (Phi) is 3.85. The number of fused-ring (bicyclic) bond motifs is 1. The molecule has 110 valence electrons. The normalized spacial score (nSPS) is 31.4. The van der Waals surface area contributed by atoms with E-state index in [1.165, 1.54) is 11.1 Å². The Morgan fingerprint density at radius 3 is 2.90 bits per heavy atom. The van der Waals surface area contributed by atoms with E-state index in [0.717, 1.165) is 25.9 Å². The van der Waals surface area contributed by atoms with E-state index in [4.69, 9.17) is 4.74 Å². The second kappa shape index (κ2) is 5.47. The Bertz CT molecular complexity index is 472. The standard InChI is InChI=1S/C17H26N2O/c1-17(2)15(10-16(17)20-3)19-11-14-13-7-5-4-6-12(13)8-9-18-14/h4-7,14-16,18-19H,8-11H2,1-3H3. The van der Waals surface area contributed by atoms with E-state index < -0.39 is 0 Å². The van der Waals surface area contributed by atoms with Crippen molar-refractivity contribution in [3.63, 3.8) is 0 Å². The first-order valence-corrected chi connectivity index (χ1v) is 7.70. The van der Waals surface area contributed by atoms with Crippen LogP contribution in [0, 0.1) is 5.41 Å². The summed E-state index contributed by atoms with van der Waals surface area (Å²) in [5, 5.41) is 7.38.